The van der Waals surface area contributed by atoms with Crippen LogP contribution in [0.5, 0.6) is 0 Å². The second kappa shape index (κ2) is 5.95. The maximum atomic E-state index is 12.3. The number of nitrogens with two attached hydrogens (primary N) is 1. The Labute approximate surface area is 121 Å². The average Bonchev–Trinajstić information content (AvgIpc) is 2.46. The Morgan fingerprint density at radius 3 is 2.37 bits per heavy atom. The van der Waals surface area contributed by atoms with E-state index >= 15 is 0 Å². The van der Waals surface area contributed by atoms with E-state index < -0.39 is 0 Å². The van der Waals surface area contributed by atoms with Gasteiger partial charge in [-0.3, -0.25) is 4.79 Å². The van der Waals surface area contributed by atoms with Crippen molar-refractivity contribution in [3.8, 4) is 0 Å². The smallest absolute Gasteiger partial charge is 0.194 e. The van der Waals surface area contributed by atoms with Gasteiger partial charge in [-0.15, -0.1) is 6.58 Å². The highest BCUT2D eigenvalue weighted by atomic mass is 79.9. The molecule has 0 aliphatic carbocycles. The molecule has 96 valence electrons. The van der Waals surface area contributed by atoms with Crippen LogP contribution in [0.4, 0.5) is 0 Å². The summed E-state index contributed by atoms with van der Waals surface area (Å²) >= 11 is 3.39. The fourth-order valence-corrected chi connectivity index (χ4v) is 2.26. The molecule has 0 aromatic heterocycles. The van der Waals surface area contributed by atoms with Gasteiger partial charge in [0.25, 0.3) is 0 Å². The molecule has 2 aromatic carbocycles. The minimum atomic E-state index is -0.201. The molecule has 2 rings (SSSR count). The first kappa shape index (κ1) is 13.7. The van der Waals surface area contributed by atoms with Crippen molar-refractivity contribution in [2.75, 3.05) is 0 Å². The first-order valence-corrected chi connectivity index (χ1v) is 6.70. The SMILES string of the molecule is C=CC(N)c1ccc(C(=O)c2ccccc2Br)cc1. The minimum Gasteiger partial charge on any atom is -0.321 e. The number of hydrogen-bond donors (Lipinski definition) is 1. The lowest BCUT2D eigenvalue weighted by Gasteiger charge is -2.08. The number of carbonyl (C=O) groups excluding carboxylic acids is 1. The molecule has 0 bridgehead atoms. The molecule has 0 amide bonds. The average molecular weight is 316 g/mol. The van der Waals surface area contributed by atoms with Gasteiger partial charge in [0.1, 0.15) is 0 Å². The van der Waals surface area contributed by atoms with E-state index in [1.807, 2.05) is 30.3 Å². The van der Waals surface area contributed by atoms with E-state index in [0.29, 0.717) is 11.1 Å². The lowest BCUT2D eigenvalue weighted by molar-refractivity contribution is 0.103. The Kier molecular flexibility index (Phi) is 4.30. The van der Waals surface area contributed by atoms with Gasteiger partial charge >= 0.3 is 0 Å². The molecule has 0 spiro atoms. The van der Waals surface area contributed by atoms with Crippen LogP contribution in [-0.4, -0.2) is 5.78 Å². The van der Waals surface area contributed by atoms with E-state index in [0.717, 1.165) is 10.0 Å². The Morgan fingerprint density at radius 2 is 1.79 bits per heavy atom. The van der Waals surface area contributed by atoms with Gasteiger partial charge in [-0.1, -0.05) is 58.4 Å². The lowest BCUT2D eigenvalue weighted by atomic mass is 10.00. The maximum absolute atomic E-state index is 12.3. The molecule has 1 unspecified atom stereocenters. The molecular formula is C16H14BrNO. The largest absolute Gasteiger partial charge is 0.321 e. The van der Waals surface area contributed by atoms with Crippen LogP contribution in [-0.2, 0) is 0 Å². The number of ketones is 1. The van der Waals surface area contributed by atoms with E-state index in [2.05, 4.69) is 22.5 Å². The highest BCUT2D eigenvalue weighted by Gasteiger charge is 2.12. The normalized spacial score (nSPS) is 11.9. The minimum absolute atomic E-state index is 0.00815. The van der Waals surface area contributed by atoms with Crippen LogP contribution in [0.2, 0.25) is 0 Å². The van der Waals surface area contributed by atoms with Crippen LogP contribution in [0.1, 0.15) is 27.5 Å². The highest BCUT2D eigenvalue weighted by molar-refractivity contribution is 9.10. The molecule has 0 aliphatic heterocycles. The molecule has 0 heterocycles. The summed E-state index contributed by atoms with van der Waals surface area (Å²) in [6.07, 6.45) is 1.67. The summed E-state index contributed by atoms with van der Waals surface area (Å²) in [5, 5.41) is 0. The Bertz CT molecular complexity index is 604. The third kappa shape index (κ3) is 3.00. The van der Waals surface area contributed by atoms with Crippen LogP contribution in [0, 0.1) is 0 Å². The number of halogens is 1. The topological polar surface area (TPSA) is 43.1 Å². The van der Waals surface area contributed by atoms with E-state index in [4.69, 9.17) is 5.73 Å². The van der Waals surface area contributed by atoms with Crippen LogP contribution in [0.3, 0.4) is 0 Å². The molecule has 3 heteroatoms. The van der Waals surface area contributed by atoms with Gasteiger partial charge in [-0.2, -0.15) is 0 Å². The summed E-state index contributed by atoms with van der Waals surface area (Å²) in [4.78, 5) is 12.3. The van der Waals surface area contributed by atoms with Crippen molar-refractivity contribution >= 4 is 21.7 Å². The predicted molar refractivity (Wildman–Crippen MR) is 81.1 cm³/mol. The second-order valence-corrected chi connectivity index (χ2v) is 5.05. The van der Waals surface area contributed by atoms with Crippen molar-refractivity contribution in [3.05, 3.63) is 82.3 Å². The van der Waals surface area contributed by atoms with Gasteiger partial charge in [0.2, 0.25) is 0 Å². The first-order valence-electron chi connectivity index (χ1n) is 5.91. The van der Waals surface area contributed by atoms with E-state index in [-0.39, 0.29) is 11.8 Å². The van der Waals surface area contributed by atoms with Crippen molar-refractivity contribution in [1.82, 2.24) is 0 Å². The van der Waals surface area contributed by atoms with Gasteiger partial charge < -0.3 is 5.73 Å². The molecule has 19 heavy (non-hydrogen) atoms. The van der Waals surface area contributed by atoms with Gasteiger partial charge in [-0.25, -0.2) is 0 Å². The van der Waals surface area contributed by atoms with Crippen LogP contribution < -0.4 is 5.73 Å². The number of carbonyl (C=O) groups is 1. The molecule has 0 saturated heterocycles. The Balaban J connectivity index is 2.30. The number of hydrogen-bond acceptors (Lipinski definition) is 2. The molecule has 0 radical (unpaired) electrons. The summed E-state index contributed by atoms with van der Waals surface area (Å²) in [6, 6.07) is 14.5. The zero-order chi connectivity index (χ0) is 13.8. The van der Waals surface area contributed by atoms with E-state index in [1.165, 1.54) is 0 Å². The van der Waals surface area contributed by atoms with Gasteiger partial charge in [0.15, 0.2) is 5.78 Å². The maximum Gasteiger partial charge on any atom is 0.194 e. The zero-order valence-electron chi connectivity index (χ0n) is 10.3. The third-order valence-electron chi connectivity index (χ3n) is 2.93. The molecule has 0 saturated carbocycles. The summed E-state index contributed by atoms with van der Waals surface area (Å²) in [6.45, 7) is 3.66. The Morgan fingerprint density at radius 1 is 1.16 bits per heavy atom. The summed E-state index contributed by atoms with van der Waals surface area (Å²) in [5.41, 5.74) is 8.09. The monoisotopic (exact) mass is 315 g/mol. The standard InChI is InChI=1S/C16H14BrNO/c1-2-15(18)11-7-9-12(10-8-11)16(19)13-5-3-4-6-14(13)17/h2-10,15H,1,18H2. The van der Waals surface area contributed by atoms with Crippen molar-refractivity contribution in [1.29, 1.82) is 0 Å². The van der Waals surface area contributed by atoms with Gasteiger partial charge in [0.05, 0.1) is 0 Å². The van der Waals surface area contributed by atoms with E-state index in [9.17, 15) is 4.79 Å². The van der Waals surface area contributed by atoms with Crippen LogP contribution >= 0.6 is 15.9 Å². The van der Waals surface area contributed by atoms with E-state index in [1.54, 1.807) is 24.3 Å². The Hall–Kier alpha value is -1.71. The molecular weight excluding hydrogens is 302 g/mol. The van der Waals surface area contributed by atoms with Crippen molar-refractivity contribution in [3.63, 3.8) is 0 Å². The summed E-state index contributed by atoms with van der Waals surface area (Å²) < 4.78 is 0.798. The van der Waals surface area contributed by atoms with Gasteiger partial charge in [-0.05, 0) is 17.7 Å². The first-order chi connectivity index (χ1) is 9.13. The molecule has 0 fully saturated rings. The summed E-state index contributed by atoms with van der Waals surface area (Å²) in [5.74, 6) is -0.00815. The number of benzene rings is 2. The lowest BCUT2D eigenvalue weighted by Crippen LogP contribution is -2.07. The number of rotatable bonds is 4. The third-order valence-corrected chi connectivity index (χ3v) is 3.62. The fraction of sp³-hybridized carbons (Fsp3) is 0.0625. The zero-order valence-corrected chi connectivity index (χ0v) is 11.9. The fourth-order valence-electron chi connectivity index (χ4n) is 1.79. The second-order valence-electron chi connectivity index (χ2n) is 4.19. The van der Waals surface area contributed by atoms with Crippen molar-refractivity contribution in [2.24, 2.45) is 5.73 Å². The van der Waals surface area contributed by atoms with Gasteiger partial charge in [0, 0.05) is 21.6 Å². The van der Waals surface area contributed by atoms with Crippen LogP contribution in [0.15, 0.2) is 65.7 Å². The molecule has 1 atom stereocenters. The van der Waals surface area contributed by atoms with Crippen LogP contribution in [0.25, 0.3) is 0 Å². The van der Waals surface area contributed by atoms with Crippen molar-refractivity contribution in [2.45, 2.75) is 6.04 Å². The predicted octanol–water partition coefficient (Wildman–Crippen LogP) is 3.87. The molecule has 0 aliphatic rings. The molecule has 2 aromatic rings. The summed E-state index contributed by atoms with van der Waals surface area (Å²) in [7, 11) is 0. The highest BCUT2D eigenvalue weighted by Crippen LogP contribution is 2.20. The molecule has 2 nitrogen and oxygen atoms in total. The quantitative estimate of drug-likeness (QED) is 0.687. The molecule has 2 N–H and O–H groups in total. The van der Waals surface area contributed by atoms with Crippen molar-refractivity contribution < 1.29 is 4.79 Å².